The fraction of sp³-hybridized carbons (Fsp3) is 0.400. The third kappa shape index (κ3) is 2.12. The molecule has 0 unspecified atom stereocenters. The van der Waals surface area contributed by atoms with Gasteiger partial charge in [0.05, 0.1) is 18.0 Å². The lowest BCUT2D eigenvalue weighted by atomic mass is 10.1. The Balaban J connectivity index is 4.05. The summed E-state index contributed by atoms with van der Waals surface area (Å²) < 4.78 is 0. The summed E-state index contributed by atoms with van der Waals surface area (Å²) in [5, 5.41) is 16.2. The van der Waals surface area contributed by atoms with Crippen LogP contribution in [-0.4, -0.2) is 11.7 Å². The van der Waals surface area contributed by atoms with E-state index < -0.39 is 11.7 Å². The Labute approximate surface area is 57.4 Å². The van der Waals surface area contributed by atoms with Gasteiger partial charge in [-0.25, -0.2) is 0 Å². The highest BCUT2D eigenvalue weighted by molar-refractivity contribution is 6.28. The molecule has 0 atom stereocenters. The molecule has 0 aromatic heterocycles. The van der Waals surface area contributed by atoms with Crippen molar-refractivity contribution in [1.29, 1.82) is 10.5 Å². The molecule has 0 amide bonds. The number of alkyl halides is 1. The Morgan fingerprint density at radius 1 is 1.56 bits per heavy atom. The van der Waals surface area contributed by atoms with Crippen LogP contribution in [0.3, 0.4) is 0 Å². The molecule has 0 saturated heterocycles. The second kappa shape index (κ2) is 3.88. The molecule has 4 heteroatoms. The number of ketones is 1. The minimum atomic E-state index is -1.19. The summed E-state index contributed by atoms with van der Waals surface area (Å²) >= 11 is 5.05. The number of Topliss-reactive ketones (excluding diaryl/α,β-unsaturated/α-hetero) is 1. The van der Waals surface area contributed by atoms with E-state index in [0.29, 0.717) is 0 Å². The van der Waals surface area contributed by atoms with Gasteiger partial charge in [-0.1, -0.05) is 0 Å². The van der Waals surface area contributed by atoms with E-state index in [1.54, 1.807) is 0 Å². The molecule has 0 N–H and O–H groups in total. The van der Waals surface area contributed by atoms with Crippen LogP contribution in [-0.2, 0) is 4.79 Å². The second-order valence-corrected chi connectivity index (χ2v) is 1.56. The molecule has 9 heavy (non-hydrogen) atoms. The maximum atomic E-state index is 10.4. The van der Waals surface area contributed by atoms with Crippen LogP contribution in [0.5, 0.6) is 0 Å². The van der Waals surface area contributed by atoms with E-state index in [2.05, 4.69) is 0 Å². The molecule has 0 aromatic carbocycles. The zero-order chi connectivity index (χ0) is 7.28. The zero-order valence-electron chi connectivity index (χ0n) is 4.47. The molecular formula is C5H3ClN2O. The highest BCUT2D eigenvalue weighted by Gasteiger charge is 2.14. The van der Waals surface area contributed by atoms with Crippen molar-refractivity contribution >= 4 is 17.4 Å². The first-order valence-electron chi connectivity index (χ1n) is 2.14. The average molecular weight is 143 g/mol. The number of carbonyl (C=O) groups is 1. The summed E-state index contributed by atoms with van der Waals surface area (Å²) in [6, 6.07) is 3.01. The number of hydrogen-bond acceptors (Lipinski definition) is 3. The van der Waals surface area contributed by atoms with Gasteiger partial charge in [0.1, 0.15) is 0 Å². The number of nitrogens with zero attached hydrogens (tertiary/aromatic N) is 2. The molecule has 0 aliphatic rings. The standard InChI is InChI=1S/C5H3ClN2O/c6-1-5(9)4(2-7)3-8/h4H,1H2. The summed E-state index contributed by atoms with van der Waals surface area (Å²) in [7, 11) is 0. The van der Waals surface area contributed by atoms with Crippen molar-refractivity contribution in [2.45, 2.75) is 0 Å². The van der Waals surface area contributed by atoms with Gasteiger partial charge in [-0.3, -0.25) is 4.79 Å². The molecule has 0 rings (SSSR count). The van der Waals surface area contributed by atoms with E-state index in [9.17, 15) is 4.79 Å². The van der Waals surface area contributed by atoms with E-state index in [4.69, 9.17) is 22.1 Å². The Bertz CT molecular complexity index is 174. The van der Waals surface area contributed by atoms with Crippen molar-refractivity contribution in [3.63, 3.8) is 0 Å². The first kappa shape index (κ1) is 7.94. The van der Waals surface area contributed by atoms with Gasteiger partial charge in [0.2, 0.25) is 0 Å². The van der Waals surface area contributed by atoms with Crippen LogP contribution < -0.4 is 0 Å². The van der Waals surface area contributed by atoms with Crippen LogP contribution in [0.15, 0.2) is 0 Å². The summed E-state index contributed by atoms with van der Waals surface area (Å²) in [6.07, 6.45) is 0. The third-order valence-corrected chi connectivity index (χ3v) is 0.975. The van der Waals surface area contributed by atoms with Crippen LogP contribution in [0, 0.1) is 28.6 Å². The van der Waals surface area contributed by atoms with Crippen LogP contribution in [0.2, 0.25) is 0 Å². The van der Waals surface area contributed by atoms with Crippen LogP contribution in [0.4, 0.5) is 0 Å². The van der Waals surface area contributed by atoms with Gasteiger partial charge in [0.25, 0.3) is 0 Å². The van der Waals surface area contributed by atoms with E-state index in [-0.39, 0.29) is 5.88 Å². The zero-order valence-corrected chi connectivity index (χ0v) is 5.22. The lowest BCUT2D eigenvalue weighted by Crippen LogP contribution is -2.11. The molecule has 3 nitrogen and oxygen atoms in total. The van der Waals surface area contributed by atoms with E-state index in [0.717, 1.165) is 0 Å². The first-order chi connectivity index (χ1) is 4.26. The minimum Gasteiger partial charge on any atom is -0.296 e. The number of halogens is 1. The fourth-order valence-corrected chi connectivity index (χ4v) is 0.404. The predicted molar refractivity (Wildman–Crippen MR) is 30.4 cm³/mol. The predicted octanol–water partition coefficient (Wildman–Crippen LogP) is 0.458. The highest BCUT2D eigenvalue weighted by Crippen LogP contribution is 1.94. The molecule has 0 aromatic rings. The van der Waals surface area contributed by atoms with Crippen molar-refractivity contribution in [2.24, 2.45) is 5.92 Å². The number of rotatable bonds is 2. The second-order valence-electron chi connectivity index (χ2n) is 1.29. The van der Waals surface area contributed by atoms with Crippen molar-refractivity contribution in [1.82, 2.24) is 0 Å². The number of nitriles is 2. The van der Waals surface area contributed by atoms with Gasteiger partial charge in [-0.2, -0.15) is 10.5 Å². The molecule has 0 spiro atoms. The van der Waals surface area contributed by atoms with Gasteiger partial charge in [-0.05, 0) is 0 Å². The number of hydrogen-bond donors (Lipinski definition) is 0. The highest BCUT2D eigenvalue weighted by atomic mass is 35.5. The van der Waals surface area contributed by atoms with Gasteiger partial charge in [0.15, 0.2) is 11.7 Å². The van der Waals surface area contributed by atoms with Crippen LogP contribution in [0.1, 0.15) is 0 Å². The van der Waals surface area contributed by atoms with Crippen molar-refractivity contribution < 1.29 is 4.79 Å². The summed E-state index contributed by atoms with van der Waals surface area (Å²) in [5.41, 5.74) is 0. The monoisotopic (exact) mass is 142 g/mol. The average Bonchev–Trinajstić information content (AvgIpc) is 1.90. The van der Waals surface area contributed by atoms with Crippen molar-refractivity contribution in [3.8, 4) is 12.1 Å². The molecule has 0 bridgehead atoms. The molecule has 0 radical (unpaired) electrons. The SMILES string of the molecule is N#CC(C#N)C(=O)CCl. The summed E-state index contributed by atoms with van der Waals surface area (Å²) in [6.45, 7) is 0. The van der Waals surface area contributed by atoms with E-state index in [1.165, 1.54) is 12.1 Å². The van der Waals surface area contributed by atoms with Gasteiger partial charge in [-0.15, -0.1) is 11.6 Å². The van der Waals surface area contributed by atoms with Crippen molar-refractivity contribution in [2.75, 3.05) is 5.88 Å². The fourth-order valence-electron chi connectivity index (χ4n) is 0.250. The first-order valence-corrected chi connectivity index (χ1v) is 2.67. The quantitative estimate of drug-likeness (QED) is 0.526. The van der Waals surface area contributed by atoms with E-state index in [1.807, 2.05) is 0 Å². The molecular weight excluding hydrogens is 140 g/mol. The minimum absolute atomic E-state index is 0.272. The normalized spacial score (nSPS) is 8.00. The van der Waals surface area contributed by atoms with Crippen molar-refractivity contribution in [3.05, 3.63) is 0 Å². The molecule has 0 aliphatic carbocycles. The molecule has 0 heterocycles. The largest absolute Gasteiger partial charge is 0.296 e. The molecule has 0 saturated carbocycles. The van der Waals surface area contributed by atoms with Gasteiger partial charge >= 0.3 is 0 Å². The van der Waals surface area contributed by atoms with Gasteiger partial charge < -0.3 is 0 Å². The summed E-state index contributed by atoms with van der Waals surface area (Å²) in [4.78, 5) is 10.4. The van der Waals surface area contributed by atoms with Crippen LogP contribution in [0.25, 0.3) is 0 Å². The smallest absolute Gasteiger partial charge is 0.192 e. The third-order valence-electron chi connectivity index (χ3n) is 0.712. The maximum absolute atomic E-state index is 10.4. The van der Waals surface area contributed by atoms with E-state index >= 15 is 0 Å². The Kier molecular flexibility index (Phi) is 3.43. The molecule has 46 valence electrons. The number of carbonyl (C=O) groups excluding carboxylic acids is 1. The topological polar surface area (TPSA) is 64.7 Å². The summed E-state index contributed by atoms with van der Waals surface area (Å²) in [5.74, 6) is -2.00. The molecule has 0 fully saturated rings. The van der Waals surface area contributed by atoms with Gasteiger partial charge in [0, 0.05) is 0 Å². The molecule has 0 aliphatic heterocycles. The Morgan fingerprint density at radius 2 is 2.00 bits per heavy atom. The maximum Gasteiger partial charge on any atom is 0.192 e. The Hall–Kier alpha value is -1.06. The lowest BCUT2D eigenvalue weighted by Gasteiger charge is -1.89. The Morgan fingerprint density at radius 3 is 2.11 bits per heavy atom. The van der Waals surface area contributed by atoms with Crippen LogP contribution >= 0.6 is 11.6 Å². The lowest BCUT2D eigenvalue weighted by molar-refractivity contribution is -0.117.